The van der Waals surface area contributed by atoms with Crippen molar-refractivity contribution < 1.29 is 20.1 Å². The number of phenols is 2. The number of carboxylic acids is 1. The maximum Gasteiger partial charge on any atom is 0.356 e. The molecule has 0 saturated heterocycles. The second kappa shape index (κ2) is 4.06. The average Bonchev–Trinajstić information content (AvgIpc) is 2.68. The number of carbonyl (C=O) groups is 1. The van der Waals surface area contributed by atoms with E-state index in [1.54, 1.807) is 20.0 Å². The Balaban J connectivity index is 2.58. The third-order valence-corrected chi connectivity index (χ3v) is 2.68. The van der Waals surface area contributed by atoms with Crippen molar-refractivity contribution >= 4 is 5.97 Å². The van der Waals surface area contributed by atoms with Crippen LogP contribution >= 0.6 is 0 Å². The third-order valence-electron chi connectivity index (χ3n) is 2.68. The molecule has 18 heavy (non-hydrogen) atoms. The van der Waals surface area contributed by atoms with Gasteiger partial charge >= 0.3 is 5.97 Å². The number of hydrogen-bond donors (Lipinski definition) is 3. The molecule has 2 rings (SSSR count). The number of rotatable bonds is 2. The molecule has 0 radical (unpaired) electrons. The van der Waals surface area contributed by atoms with E-state index in [9.17, 15) is 15.0 Å². The number of carboxylic acid groups (broad SMARTS) is 1. The van der Waals surface area contributed by atoms with Gasteiger partial charge in [0.2, 0.25) is 0 Å². The number of aryl methyl sites for hydroxylation is 2. The van der Waals surface area contributed by atoms with Gasteiger partial charge in [0.15, 0.2) is 17.2 Å². The van der Waals surface area contributed by atoms with Crippen LogP contribution in [0.5, 0.6) is 11.5 Å². The van der Waals surface area contributed by atoms with Crippen LogP contribution in [0.4, 0.5) is 0 Å². The number of aromatic nitrogens is 2. The molecule has 0 aliphatic carbocycles. The van der Waals surface area contributed by atoms with E-state index < -0.39 is 5.97 Å². The number of phenolic OH excluding ortho intramolecular Hbond substituents is 2. The van der Waals surface area contributed by atoms with E-state index in [1.165, 1.54) is 16.8 Å². The van der Waals surface area contributed by atoms with Gasteiger partial charge in [0.1, 0.15) is 0 Å². The first-order valence-electron chi connectivity index (χ1n) is 5.20. The summed E-state index contributed by atoms with van der Waals surface area (Å²) in [6.07, 6.45) is 0. The lowest BCUT2D eigenvalue weighted by Gasteiger charge is -2.06. The molecule has 1 aromatic heterocycles. The molecule has 0 amide bonds. The van der Waals surface area contributed by atoms with Crippen LogP contribution in [0.2, 0.25) is 0 Å². The number of nitrogens with zero attached hydrogens (tertiary/aromatic N) is 2. The Hall–Kier alpha value is -2.50. The number of benzene rings is 1. The molecule has 0 unspecified atom stereocenters. The van der Waals surface area contributed by atoms with Gasteiger partial charge in [-0.2, -0.15) is 5.10 Å². The van der Waals surface area contributed by atoms with E-state index in [0.717, 1.165) is 0 Å². The van der Waals surface area contributed by atoms with Crippen molar-refractivity contribution in [2.75, 3.05) is 0 Å². The highest BCUT2D eigenvalue weighted by Gasteiger charge is 2.14. The summed E-state index contributed by atoms with van der Waals surface area (Å²) in [6.45, 7) is 1.65. The smallest absolute Gasteiger partial charge is 0.356 e. The topological polar surface area (TPSA) is 95.6 Å². The van der Waals surface area contributed by atoms with Crippen LogP contribution in [-0.4, -0.2) is 31.1 Å². The second-order valence-electron chi connectivity index (χ2n) is 4.00. The number of aromatic carboxylic acids is 1. The monoisotopic (exact) mass is 248 g/mol. The Bertz CT molecular complexity index is 608. The quantitative estimate of drug-likeness (QED) is 0.700. The van der Waals surface area contributed by atoms with Crippen molar-refractivity contribution in [3.05, 3.63) is 29.5 Å². The summed E-state index contributed by atoms with van der Waals surface area (Å²) >= 11 is 0. The molecule has 0 aliphatic rings. The highest BCUT2D eigenvalue weighted by Crippen LogP contribution is 2.34. The average molecular weight is 248 g/mol. The van der Waals surface area contributed by atoms with Crippen molar-refractivity contribution in [2.24, 2.45) is 7.05 Å². The maximum atomic E-state index is 10.8. The van der Waals surface area contributed by atoms with Crippen molar-refractivity contribution in [3.8, 4) is 22.8 Å². The molecule has 1 heterocycles. The molecule has 2 aromatic rings. The first-order valence-corrected chi connectivity index (χ1v) is 5.20. The summed E-state index contributed by atoms with van der Waals surface area (Å²) in [5, 5.41) is 31.7. The van der Waals surface area contributed by atoms with Crippen molar-refractivity contribution in [1.82, 2.24) is 9.78 Å². The summed E-state index contributed by atoms with van der Waals surface area (Å²) in [5.74, 6) is -1.54. The van der Waals surface area contributed by atoms with E-state index in [0.29, 0.717) is 16.8 Å². The maximum absolute atomic E-state index is 10.8. The van der Waals surface area contributed by atoms with Gasteiger partial charge < -0.3 is 15.3 Å². The van der Waals surface area contributed by atoms with E-state index >= 15 is 0 Å². The van der Waals surface area contributed by atoms with Gasteiger partial charge in [-0.05, 0) is 30.7 Å². The molecule has 6 heteroatoms. The minimum Gasteiger partial charge on any atom is -0.504 e. The molecular formula is C12H12N2O4. The van der Waals surface area contributed by atoms with Gasteiger partial charge in [-0.1, -0.05) is 0 Å². The fraction of sp³-hybridized carbons (Fsp3) is 0.167. The number of hydrogen-bond acceptors (Lipinski definition) is 4. The molecule has 0 spiro atoms. The van der Waals surface area contributed by atoms with Crippen LogP contribution in [0, 0.1) is 6.92 Å². The van der Waals surface area contributed by atoms with Gasteiger partial charge in [0.25, 0.3) is 0 Å². The normalized spacial score (nSPS) is 10.6. The lowest BCUT2D eigenvalue weighted by molar-refractivity contribution is 0.0689. The fourth-order valence-electron chi connectivity index (χ4n) is 1.75. The first kappa shape index (κ1) is 12.0. The van der Waals surface area contributed by atoms with Gasteiger partial charge in [-0.3, -0.25) is 4.68 Å². The highest BCUT2D eigenvalue weighted by molar-refractivity contribution is 5.87. The zero-order valence-corrected chi connectivity index (χ0v) is 9.88. The summed E-state index contributed by atoms with van der Waals surface area (Å²) in [4.78, 5) is 10.8. The fourth-order valence-corrected chi connectivity index (χ4v) is 1.75. The van der Waals surface area contributed by atoms with E-state index in [1.807, 2.05) is 0 Å². The predicted molar refractivity (Wildman–Crippen MR) is 63.7 cm³/mol. The lowest BCUT2D eigenvalue weighted by Crippen LogP contribution is -1.99. The molecule has 6 nitrogen and oxygen atoms in total. The Labute approximate surface area is 103 Å². The Morgan fingerprint density at radius 2 is 1.94 bits per heavy atom. The molecule has 1 aromatic carbocycles. The Kier molecular flexibility index (Phi) is 2.70. The Morgan fingerprint density at radius 3 is 2.44 bits per heavy atom. The number of aromatic hydroxyl groups is 2. The van der Waals surface area contributed by atoms with Gasteiger partial charge in [-0.25, -0.2) is 4.79 Å². The van der Waals surface area contributed by atoms with Crippen LogP contribution < -0.4 is 0 Å². The molecule has 0 saturated carbocycles. The van der Waals surface area contributed by atoms with Crippen molar-refractivity contribution in [1.29, 1.82) is 0 Å². The predicted octanol–water partition coefficient (Wildman–Crippen LogP) is 1.50. The molecule has 0 atom stereocenters. The Morgan fingerprint density at radius 1 is 1.28 bits per heavy atom. The SMILES string of the molecule is Cc1cc(-c2cc(C(=O)O)nn2C)cc(O)c1O. The molecular weight excluding hydrogens is 236 g/mol. The summed E-state index contributed by atoms with van der Waals surface area (Å²) in [7, 11) is 1.61. The summed E-state index contributed by atoms with van der Waals surface area (Å²) < 4.78 is 1.41. The molecule has 94 valence electrons. The first-order chi connectivity index (χ1) is 8.40. The highest BCUT2D eigenvalue weighted by atomic mass is 16.4. The lowest BCUT2D eigenvalue weighted by atomic mass is 10.1. The largest absolute Gasteiger partial charge is 0.504 e. The van der Waals surface area contributed by atoms with Crippen LogP contribution in [-0.2, 0) is 7.05 Å². The molecule has 0 fully saturated rings. The van der Waals surface area contributed by atoms with Crippen molar-refractivity contribution in [2.45, 2.75) is 6.92 Å². The van der Waals surface area contributed by atoms with E-state index in [2.05, 4.69) is 5.10 Å². The van der Waals surface area contributed by atoms with Gasteiger partial charge in [-0.15, -0.1) is 0 Å². The van der Waals surface area contributed by atoms with Crippen LogP contribution in [0.3, 0.4) is 0 Å². The standard InChI is InChI=1S/C12H12N2O4/c1-6-3-7(4-10(15)11(6)16)9-5-8(12(17)18)13-14(9)2/h3-5,15-16H,1-2H3,(H,17,18). The zero-order valence-electron chi connectivity index (χ0n) is 9.88. The molecule has 0 aliphatic heterocycles. The minimum atomic E-state index is -1.11. The third kappa shape index (κ3) is 1.88. The summed E-state index contributed by atoms with van der Waals surface area (Å²) in [6, 6.07) is 4.43. The van der Waals surface area contributed by atoms with Gasteiger partial charge in [0, 0.05) is 12.6 Å². The summed E-state index contributed by atoms with van der Waals surface area (Å²) in [5.41, 5.74) is 1.57. The van der Waals surface area contributed by atoms with Crippen LogP contribution in [0.25, 0.3) is 11.3 Å². The second-order valence-corrected chi connectivity index (χ2v) is 4.00. The molecule has 0 bridgehead atoms. The molecule has 3 N–H and O–H groups in total. The van der Waals surface area contributed by atoms with E-state index in [-0.39, 0.29) is 17.2 Å². The van der Waals surface area contributed by atoms with Crippen molar-refractivity contribution in [3.63, 3.8) is 0 Å². The van der Waals surface area contributed by atoms with Crippen LogP contribution in [0.1, 0.15) is 16.1 Å². The van der Waals surface area contributed by atoms with Crippen LogP contribution in [0.15, 0.2) is 18.2 Å². The van der Waals surface area contributed by atoms with E-state index in [4.69, 9.17) is 5.11 Å². The minimum absolute atomic E-state index is 0.0716. The van der Waals surface area contributed by atoms with Gasteiger partial charge in [0.05, 0.1) is 5.69 Å². The zero-order chi connectivity index (χ0) is 13.4.